The van der Waals surface area contributed by atoms with Crippen molar-refractivity contribution in [3.63, 3.8) is 0 Å². The van der Waals surface area contributed by atoms with E-state index < -0.39 is 0 Å². The molecule has 2 aromatic rings. The van der Waals surface area contributed by atoms with Crippen molar-refractivity contribution in [2.45, 2.75) is 45.3 Å². The van der Waals surface area contributed by atoms with E-state index in [1.807, 2.05) is 33.1 Å². The summed E-state index contributed by atoms with van der Waals surface area (Å²) in [5, 5.41) is 4.68. The van der Waals surface area contributed by atoms with Gasteiger partial charge in [0.05, 0.1) is 6.54 Å². The van der Waals surface area contributed by atoms with Gasteiger partial charge < -0.3 is 9.42 Å². The van der Waals surface area contributed by atoms with Crippen LogP contribution in [0.1, 0.15) is 34.8 Å². The van der Waals surface area contributed by atoms with E-state index in [0.717, 1.165) is 33.6 Å². The van der Waals surface area contributed by atoms with E-state index in [-0.39, 0.29) is 5.91 Å². The number of hydrogen-bond acceptors (Lipinski definition) is 6. The third-order valence-electron chi connectivity index (χ3n) is 3.67. The molecule has 0 fully saturated rings. The smallest absolute Gasteiger partial charge is 0.222 e. The van der Waals surface area contributed by atoms with E-state index in [1.165, 1.54) is 11.8 Å². The highest BCUT2D eigenvalue weighted by molar-refractivity contribution is 7.98. The number of carbonyl (C=O) groups is 1. The molecular formula is C16H22N4O2S. The predicted octanol–water partition coefficient (Wildman–Crippen LogP) is 2.70. The SMILES string of the molecule is CSc1nc(C)c(CCC(=O)N(C)Cc2cc(C)on2)c(C)n1. The Bertz CT molecular complexity index is 676. The zero-order valence-electron chi connectivity index (χ0n) is 14.2. The minimum Gasteiger partial charge on any atom is -0.361 e. The Kier molecular flexibility index (Phi) is 5.76. The van der Waals surface area contributed by atoms with Crippen LogP contribution < -0.4 is 0 Å². The molecule has 1 amide bonds. The fraction of sp³-hybridized carbons (Fsp3) is 0.500. The molecule has 0 saturated heterocycles. The Morgan fingerprint density at radius 3 is 2.43 bits per heavy atom. The van der Waals surface area contributed by atoms with Gasteiger partial charge in [-0.3, -0.25) is 4.79 Å². The maximum absolute atomic E-state index is 12.3. The number of rotatable bonds is 6. The summed E-state index contributed by atoms with van der Waals surface area (Å²) >= 11 is 1.53. The van der Waals surface area contributed by atoms with Crippen molar-refractivity contribution in [2.75, 3.05) is 13.3 Å². The van der Waals surface area contributed by atoms with Crippen LogP contribution in [0.5, 0.6) is 0 Å². The molecule has 7 heteroatoms. The Hall–Kier alpha value is -1.89. The number of aromatic nitrogens is 3. The standard InChI is InChI=1S/C16H22N4O2S/c1-10-8-13(19-22-10)9-20(4)15(21)7-6-14-11(2)17-16(23-5)18-12(14)3/h8H,6-7,9H2,1-5H3. The highest BCUT2D eigenvalue weighted by atomic mass is 32.2. The molecule has 0 radical (unpaired) electrons. The first-order chi connectivity index (χ1) is 10.9. The normalized spacial score (nSPS) is 10.8. The second-order valence-electron chi connectivity index (χ2n) is 5.54. The third kappa shape index (κ3) is 4.54. The minimum atomic E-state index is 0.0680. The molecule has 0 aliphatic heterocycles. The molecule has 23 heavy (non-hydrogen) atoms. The van der Waals surface area contributed by atoms with Gasteiger partial charge in [0.25, 0.3) is 0 Å². The van der Waals surface area contributed by atoms with Gasteiger partial charge in [-0.2, -0.15) is 0 Å². The fourth-order valence-corrected chi connectivity index (χ4v) is 2.86. The van der Waals surface area contributed by atoms with E-state index in [9.17, 15) is 4.79 Å². The molecule has 124 valence electrons. The predicted molar refractivity (Wildman–Crippen MR) is 89.3 cm³/mol. The van der Waals surface area contributed by atoms with Crippen molar-refractivity contribution in [1.29, 1.82) is 0 Å². The second kappa shape index (κ2) is 7.59. The lowest BCUT2D eigenvalue weighted by Crippen LogP contribution is -2.26. The van der Waals surface area contributed by atoms with E-state index >= 15 is 0 Å². The molecule has 0 aromatic carbocycles. The molecule has 0 bridgehead atoms. The maximum atomic E-state index is 12.3. The first kappa shape index (κ1) is 17.5. The summed E-state index contributed by atoms with van der Waals surface area (Å²) < 4.78 is 5.02. The average Bonchev–Trinajstić information content (AvgIpc) is 2.90. The molecule has 0 unspecified atom stereocenters. The lowest BCUT2D eigenvalue weighted by atomic mass is 10.1. The molecule has 0 spiro atoms. The maximum Gasteiger partial charge on any atom is 0.222 e. The largest absolute Gasteiger partial charge is 0.361 e. The topological polar surface area (TPSA) is 72.1 Å². The number of hydrogen-bond donors (Lipinski definition) is 0. The van der Waals surface area contributed by atoms with Crippen molar-refractivity contribution in [3.05, 3.63) is 34.5 Å². The van der Waals surface area contributed by atoms with Crippen LogP contribution in [-0.2, 0) is 17.8 Å². The highest BCUT2D eigenvalue weighted by Gasteiger charge is 2.14. The zero-order chi connectivity index (χ0) is 17.0. The summed E-state index contributed by atoms with van der Waals surface area (Å²) in [6.07, 6.45) is 3.03. The van der Waals surface area contributed by atoms with E-state index in [0.29, 0.717) is 19.4 Å². The summed E-state index contributed by atoms with van der Waals surface area (Å²) in [5.41, 5.74) is 3.72. The molecule has 2 heterocycles. The number of amides is 1. The van der Waals surface area contributed by atoms with E-state index in [1.54, 1.807) is 11.9 Å². The third-order valence-corrected chi connectivity index (χ3v) is 4.22. The van der Waals surface area contributed by atoms with Gasteiger partial charge in [-0.15, -0.1) is 0 Å². The van der Waals surface area contributed by atoms with Gasteiger partial charge >= 0.3 is 0 Å². The van der Waals surface area contributed by atoms with Gasteiger partial charge in [-0.25, -0.2) is 9.97 Å². The van der Waals surface area contributed by atoms with Crippen LogP contribution >= 0.6 is 11.8 Å². The fourth-order valence-electron chi connectivity index (χ4n) is 2.41. The van der Waals surface area contributed by atoms with Crippen LogP contribution in [0.4, 0.5) is 0 Å². The monoisotopic (exact) mass is 334 g/mol. The van der Waals surface area contributed by atoms with Crippen LogP contribution in [0.25, 0.3) is 0 Å². The molecule has 2 rings (SSSR count). The molecule has 2 aromatic heterocycles. The molecule has 0 aliphatic rings. The molecule has 0 saturated carbocycles. The zero-order valence-corrected chi connectivity index (χ0v) is 15.0. The molecule has 0 N–H and O–H groups in total. The second-order valence-corrected chi connectivity index (χ2v) is 6.31. The number of aryl methyl sites for hydroxylation is 3. The Balaban J connectivity index is 1.96. The van der Waals surface area contributed by atoms with Crippen molar-refractivity contribution < 1.29 is 9.32 Å². The molecule has 0 atom stereocenters. The van der Waals surface area contributed by atoms with Crippen molar-refractivity contribution in [3.8, 4) is 0 Å². The average molecular weight is 334 g/mol. The Labute approximate surface area is 140 Å². The Morgan fingerprint density at radius 1 is 1.26 bits per heavy atom. The van der Waals surface area contributed by atoms with Crippen LogP contribution in [0.3, 0.4) is 0 Å². The van der Waals surface area contributed by atoms with Gasteiger partial charge in [0.15, 0.2) is 5.16 Å². The van der Waals surface area contributed by atoms with Crippen LogP contribution in [-0.4, -0.2) is 39.2 Å². The molecule has 0 aliphatic carbocycles. The number of nitrogens with zero attached hydrogens (tertiary/aromatic N) is 4. The van der Waals surface area contributed by atoms with Gasteiger partial charge in [0.1, 0.15) is 11.5 Å². The van der Waals surface area contributed by atoms with Crippen LogP contribution in [0, 0.1) is 20.8 Å². The summed E-state index contributed by atoms with van der Waals surface area (Å²) in [5.74, 6) is 0.816. The quantitative estimate of drug-likeness (QED) is 0.597. The summed E-state index contributed by atoms with van der Waals surface area (Å²) in [4.78, 5) is 22.9. The summed E-state index contributed by atoms with van der Waals surface area (Å²) in [7, 11) is 1.78. The van der Waals surface area contributed by atoms with E-state index in [4.69, 9.17) is 4.52 Å². The lowest BCUT2D eigenvalue weighted by Gasteiger charge is -2.16. The Morgan fingerprint density at radius 2 is 1.91 bits per heavy atom. The van der Waals surface area contributed by atoms with Gasteiger partial charge in [-0.1, -0.05) is 16.9 Å². The van der Waals surface area contributed by atoms with Gasteiger partial charge in [-0.05, 0) is 39.0 Å². The van der Waals surface area contributed by atoms with Crippen molar-refractivity contribution >= 4 is 17.7 Å². The van der Waals surface area contributed by atoms with Crippen molar-refractivity contribution in [1.82, 2.24) is 20.0 Å². The number of thioether (sulfide) groups is 1. The van der Waals surface area contributed by atoms with Crippen LogP contribution in [0.15, 0.2) is 15.7 Å². The van der Waals surface area contributed by atoms with Crippen molar-refractivity contribution in [2.24, 2.45) is 0 Å². The first-order valence-electron chi connectivity index (χ1n) is 7.45. The number of carbonyl (C=O) groups excluding carboxylic acids is 1. The van der Waals surface area contributed by atoms with Gasteiger partial charge in [0, 0.05) is 30.9 Å². The van der Waals surface area contributed by atoms with E-state index in [2.05, 4.69) is 15.1 Å². The molecular weight excluding hydrogens is 312 g/mol. The lowest BCUT2D eigenvalue weighted by molar-refractivity contribution is -0.130. The summed E-state index contributed by atoms with van der Waals surface area (Å²) in [6, 6.07) is 1.84. The van der Waals surface area contributed by atoms with Gasteiger partial charge in [0.2, 0.25) is 5.91 Å². The first-order valence-corrected chi connectivity index (χ1v) is 8.67. The minimum absolute atomic E-state index is 0.0680. The van der Waals surface area contributed by atoms with Crippen LogP contribution in [0.2, 0.25) is 0 Å². The molecule has 6 nitrogen and oxygen atoms in total. The highest BCUT2D eigenvalue weighted by Crippen LogP contribution is 2.17. The summed E-state index contributed by atoms with van der Waals surface area (Å²) in [6.45, 7) is 6.23.